The number of carbonyl (C=O) groups is 1. The van der Waals surface area contributed by atoms with Crippen molar-refractivity contribution in [3.05, 3.63) is 65.2 Å². The van der Waals surface area contributed by atoms with E-state index in [4.69, 9.17) is 9.47 Å². The smallest absolute Gasteiger partial charge is 0.268 e. The first-order valence-electron chi connectivity index (χ1n) is 9.70. The summed E-state index contributed by atoms with van der Waals surface area (Å²) in [5.74, 6) is 0.265. The van der Waals surface area contributed by atoms with Gasteiger partial charge >= 0.3 is 0 Å². The Morgan fingerprint density at radius 1 is 1.15 bits per heavy atom. The summed E-state index contributed by atoms with van der Waals surface area (Å²) in [6, 6.07) is 16.6. The number of ether oxygens (including phenoxy) is 2. The van der Waals surface area contributed by atoms with E-state index in [9.17, 15) is 18.5 Å². The maximum Gasteiger partial charge on any atom is 0.268 e. The highest BCUT2D eigenvalue weighted by Gasteiger charge is 2.17. The van der Waals surface area contributed by atoms with E-state index in [1.807, 2.05) is 43.3 Å². The highest BCUT2D eigenvalue weighted by Crippen LogP contribution is 2.30. The minimum atomic E-state index is -3.54. The zero-order chi connectivity index (χ0) is 23.8. The number of anilines is 1. The van der Waals surface area contributed by atoms with Crippen LogP contribution < -0.4 is 14.8 Å². The number of nitriles is 1. The minimum absolute atomic E-state index is 0.0266. The first-order valence-corrected chi connectivity index (χ1v) is 12.4. The molecule has 0 fully saturated rings. The number of sulfone groups is 1. The Morgan fingerprint density at radius 3 is 2.55 bits per heavy atom. The third kappa shape index (κ3) is 6.61. The second-order valence-electron chi connectivity index (χ2n) is 6.68. The zero-order valence-electron chi connectivity index (χ0n) is 17.8. The van der Waals surface area contributed by atoms with Crippen molar-refractivity contribution in [3.63, 3.8) is 0 Å². The Morgan fingerprint density at radius 2 is 1.91 bits per heavy atom. The average Bonchev–Trinajstić information content (AvgIpc) is 3.27. The molecule has 1 heterocycles. The molecule has 11 heteroatoms. The molecule has 9 nitrogen and oxygen atoms in total. The van der Waals surface area contributed by atoms with Gasteiger partial charge in [0.25, 0.3) is 5.91 Å². The lowest BCUT2D eigenvalue weighted by atomic mass is 10.1. The lowest BCUT2D eigenvalue weighted by molar-refractivity contribution is -0.112. The Bertz CT molecular complexity index is 1310. The molecular formula is C22H20N4O5S2. The number of nitrogens with one attached hydrogen (secondary N) is 1. The van der Waals surface area contributed by atoms with Crippen LogP contribution in [0.3, 0.4) is 0 Å². The van der Waals surface area contributed by atoms with Crippen molar-refractivity contribution in [3.8, 4) is 17.6 Å². The fraction of sp³-hybridized carbons (Fsp3) is 0.182. The van der Waals surface area contributed by atoms with Crippen LogP contribution >= 0.6 is 11.3 Å². The molecule has 0 saturated carbocycles. The van der Waals surface area contributed by atoms with E-state index in [0.717, 1.165) is 11.8 Å². The van der Waals surface area contributed by atoms with Crippen molar-refractivity contribution in [2.75, 3.05) is 18.2 Å². The molecule has 170 valence electrons. The Labute approximate surface area is 195 Å². The molecular weight excluding hydrogens is 464 g/mol. The summed E-state index contributed by atoms with van der Waals surface area (Å²) in [7, 11) is -3.54. The van der Waals surface area contributed by atoms with Crippen LogP contribution in [-0.2, 0) is 21.2 Å². The van der Waals surface area contributed by atoms with E-state index in [1.54, 1.807) is 18.2 Å². The van der Waals surface area contributed by atoms with Gasteiger partial charge in [0.15, 0.2) is 11.5 Å². The second kappa shape index (κ2) is 10.7. The van der Waals surface area contributed by atoms with Crippen LogP contribution in [0.15, 0.2) is 58.4 Å². The maximum absolute atomic E-state index is 12.5. The standard InChI is InChI=1S/C22H20N4O5S2/c1-3-30-19-12-16(9-10-18(19)31-14-15-7-5-4-6-8-15)11-17(13-23)20(27)24-21-25-26-22(32-21)33(2,28)29/h4-12H,3,14H2,1-2H3,(H,24,25,27)/b17-11-. The molecule has 2 aromatic carbocycles. The predicted molar refractivity (Wildman–Crippen MR) is 124 cm³/mol. The van der Waals surface area contributed by atoms with Crippen LogP contribution in [0.2, 0.25) is 0 Å². The zero-order valence-corrected chi connectivity index (χ0v) is 19.4. The molecule has 1 amide bonds. The van der Waals surface area contributed by atoms with Crippen molar-refractivity contribution in [1.29, 1.82) is 5.26 Å². The molecule has 0 aliphatic heterocycles. The molecule has 3 aromatic rings. The number of benzene rings is 2. The van der Waals surface area contributed by atoms with Crippen LogP contribution in [0.25, 0.3) is 6.08 Å². The number of hydrogen-bond donors (Lipinski definition) is 1. The van der Waals surface area contributed by atoms with Gasteiger partial charge in [-0.05, 0) is 36.3 Å². The number of amides is 1. The topological polar surface area (TPSA) is 131 Å². The first-order chi connectivity index (χ1) is 15.8. The number of carbonyl (C=O) groups excluding carboxylic acids is 1. The fourth-order valence-electron chi connectivity index (χ4n) is 2.63. The van der Waals surface area contributed by atoms with Gasteiger partial charge in [-0.1, -0.05) is 47.7 Å². The van der Waals surface area contributed by atoms with Crippen molar-refractivity contribution >= 4 is 38.3 Å². The van der Waals surface area contributed by atoms with Crippen molar-refractivity contribution < 1.29 is 22.7 Å². The summed E-state index contributed by atoms with van der Waals surface area (Å²) in [5.41, 5.74) is 1.35. The quantitative estimate of drug-likeness (QED) is 0.277. The minimum Gasteiger partial charge on any atom is -0.490 e. The van der Waals surface area contributed by atoms with Gasteiger partial charge in [0.05, 0.1) is 6.61 Å². The summed E-state index contributed by atoms with van der Waals surface area (Å²) in [4.78, 5) is 12.5. The summed E-state index contributed by atoms with van der Waals surface area (Å²) >= 11 is 0.702. The van der Waals surface area contributed by atoms with E-state index in [2.05, 4.69) is 15.5 Å². The van der Waals surface area contributed by atoms with E-state index in [-0.39, 0.29) is 15.0 Å². The van der Waals surface area contributed by atoms with Crippen LogP contribution in [0.5, 0.6) is 11.5 Å². The van der Waals surface area contributed by atoms with Crippen molar-refractivity contribution in [2.45, 2.75) is 17.9 Å². The number of aromatic nitrogens is 2. The Balaban J connectivity index is 1.77. The molecule has 3 rings (SSSR count). The van der Waals surface area contributed by atoms with Gasteiger partial charge in [-0.2, -0.15) is 5.26 Å². The average molecular weight is 485 g/mol. The predicted octanol–water partition coefficient (Wildman–Crippen LogP) is 3.46. The van der Waals surface area contributed by atoms with Gasteiger partial charge in [-0.25, -0.2) is 8.42 Å². The molecule has 0 aliphatic carbocycles. The number of hydrogen-bond acceptors (Lipinski definition) is 9. The number of rotatable bonds is 9. The SMILES string of the molecule is CCOc1cc(/C=C(/C#N)C(=O)Nc2nnc(S(C)(=O)=O)s2)ccc1OCc1ccccc1. The molecule has 0 bridgehead atoms. The lowest BCUT2D eigenvalue weighted by Gasteiger charge is -2.13. The Hall–Kier alpha value is -3.75. The molecule has 1 aromatic heterocycles. The maximum atomic E-state index is 12.5. The van der Waals surface area contributed by atoms with Gasteiger partial charge in [-0.15, -0.1) is 10.2 Å². The van der Waals surface area contributed by atoms with Crippen LogP contribution in [0, 0.1) is 11.3 Å². The molecule has 33 heavy (non-hydrogen) atoms. The molecule has 1 N–H and O–H groups in total. The third-order valence-corrected chi connectivity index (χ3v) is 6.63. The normalized spacial score (nSPS) is 11.5. The number of nitrogens with zero attached hydrogens (tertiary/aromatic N) is 3. The first kappa shape index (κ1) is 23.9. The third-order valence-electron chi connectivity index (χ3n) is 4.12. The molecule has 0 saturated heterocycles. The molecule has 0 spiro atoms. The molecule has 0 atom stereocenters. The summed E-state index contributed by atoms with van der Waals surface area (Å²) in [6.07, 6.45) is 2.38. The largest absolute Gasteiger partial charge is 0.490 e. The van der Waals surface area contributed by atoms with E-state index in [0.29, 0.717) is 41.6 Å². The molecule has 0 radical (unpaired) electrons. The molecule has 0 aliphatic rings. The highest BCUT2D eigenvalue weighted by atomic mass is 32.2. The monoisotopic (exact) mass is 484 g/mol. The highest BCUT2D eigenvalue weighted by molar-refractivity contribution is 7.92. The van der Waals surface area contributed by atoms with Gasteiger partial charge < -0.3 is 9.47 Å². The van der Waals surface area contributed by atoms with Crippen molar-refractivity contribution in [1.82, 2.24) is 10.2 Å². The second-order valence-corrected chi connectivity index (χ2v) is 9.85. The van der Waals surface area contributed by atoms with Gasteiger partial charge in [-0.3, -0.25) is 10.1 Å². The summed E-state index contributed by atoms with van der Waals surface area (Å²) in [6.45, 7) is 2.60. The lowest BCUT2D eigenvalue weighted by Crippen LogP contribution is -2.13. The van der Waals surface area contributed by atoms with Gasteiger partial charge in [0, 0.05) is 6.26 Å². The van der Waals surface area contributed by atoms with Gasteiger partial charge in [0.1, 0.15) is 18.2 Å². The van der Waals surface area contributed by atoms with Crippen molar-refractivity contribution in [2.24, 2.45) is 0 Å². The Kier molecular flexibility index (Phi) is 7.76. The van der Waals surface area contributed by atoms with E-state index < -0.39 is 15.7 Å². The molecule has 0 unspecified atom stereocenters. The van der Waals surface area contributed by atoms with Gasteiger partial charge in [0.2, 0.25) is 19.3 Å². The summed E-state index contributed by atoms with van der Waals surface area (Å²) in [5, 5.41) is 19.0. The van der Waals surface area contributed by atoms with E-state index >= 15 is 0 Å². The summed E-state index contributed by atoms with van der Waals surface area (Å²) < 4.78 is 34.3. The van der Waals surface area contributed by atoms with Crippen LogP contribution in [0.4, 0.5) is 5.13 Å². The van der Waals surface area contributed by atoms with Crippen LogP contribution in [0.1, 0.15) is 18.1 Å². The van der Waals surface area contributed by atoms with E-state index in [1.165, 1.54) is 6.08 Å². The fourth-order valence-corrected chi connectivity index (χ4v) is 4.13. The van der Waals surface area contributed by atoms with Crippen LogP contribution in [-0.4, -0.2) is 37.4 Å².